The lowest BCUT2D eigenvalue weighted by atomic mass is 10.1. The van der Waals surface area contributed by atoms with Gasteiger partial charge in [0, 0.05) is 5.02 Å². The van der Waals surface area contributed by atoms with Crippen molar-refractivity contribution in [3.05, 3.63) is 58.1 Å². The highest BCUT2D eigenvalue weighted by atomic mass is 35.5. The summed E-state index contributed by atoms with van der Waals surface area (Å²) in [5, 5.41) is 4.29. The summed E-state index contributed by atoms with van der Waals surface area (Å²) in [7, 11) is -3.70. The summed E-state index contributed by atoms with van der Waals surface area (Å²) in [6.07, 6.45) is 0. The number of hydrogen-bond donors (Lipinski definition) is 1. The predicted molar refractivity (Wildman–Crippen MR) is 93.9 cm³/mol. The Balaban J connectivity index is 1.79. The molecule has 8 heteroatoms. The fourth-order valence-corrected chi connectivity index (χ4v) is 4.05. The molecule has 0 aliphatic rings. The van der Waals surface area contributed by atoms with Crippen LogP contribution in [-0.2, 0) is 16.6 Å². The van der Waals surface area contributed by atoms with Crippen molar-refractivity contribution in [2.45, 2.75) is 32.2 Å². The van der Waals surface area contributed by atoms with Crippen molar-refractivity contribution in [1.29, 1.82) is 0 Å². The van der Waals surface area contributed by atoms with E-state index in [0.29, 0.717) is 33.6 Å². The summed E-state index contributed by atoms with van der Waals surface area (Å²) >= 11 is 6.00. The zero-order valence-corrected chi connectivity index (χ0v) is 15.5. The van der Waals surface area contributed by atoms with E-state index in [9.17, 15) is 8.42 Å². The molecule has 3 aromatic rings. The van der Waals surface area contributed by atoms with E-state index in [2.05, 4.69) is 9.88 Å². The molecule has 0 spiro atoms. The zero-order chi connectivity index (χ0) is 18.2. The number of halogens is 1. The molecule has 0 amide bonds. The van der Waals surface area contributed by atoms with Gasteiger partial charge < -0.3 is 8.94 Å². The second-order valence-electron chi connectivity index (χ2n) is 5.65. The molecule has 2 heterocycles. The fourth-order valence-electron chi connectivity index (χ4n) is 2.56. The van der Waals surface area contributed by atoms with Crippen LogP contribution in [-0.4, -0.2) is 13.6 Å². The lowest BCUT2D eigenvalue weighted by molar-refractivity contribution is 0.393. The Labute approximate surface area is 150 Å². The number of benzene rings is 1. The van der Waals surface area contributed by atoms with E-state index in [1.54, 1.807) is 38.1 Å². The van der Waals surface area contributed by atoms with Crippen LogP contribution in [0.2, 0.25) is 5.02 Å². The molecule has 0 aliphatic carbocycles. The van der Waals surface area contributed by atoms with Gasteiger partial charge in [0.15, 0.2) is 0 Å². The molecule has 0 aliphatic heterocycles. The van der Waals surface area contributed by atoms with Gasteiger partial charge in [0.1, 0.15) is 17.3 Å². The van der Waals surface area contributed by atoms with Gasteiger partial charge in [-0.1, -0.05) is 22.8 Å². The van der Waals surface area contributed by atoms with E-state index >= 15 is 0 Å². The maximum atomic E-state index is 12.5. The largest absolute Gasteiger partial charge is 0.459 e. The molecule has 0 unspecified atom stereocenters. The predicted octanol–water partition coefficient (Wildman–Crippen LogP) is 3.99. The first-order chi connectivity index (χ1) is 11.8. The molecule has 1 N–H and O–H groups in total. The first kappa shape index (κ1) is 17.7. The summed E-state index contributed by atoms with van der Waals surface area (Å²) < 4.78 is 38.3. The minimum absolute atomic E-state index is 0.0255. The Bertz CT molecular complexity index is 1000. The molecule has 1 aromatic carbocycles. The summed E-state index contributed by atoms with van der Waals surface area (Å²) in [4.78, 5) is 0.150. The van der Waals surface area contributed by atoms with Crippen LogP contribution in [0.5, 0.6) is 0 Å². The average molecular weight is 381 g/mol. The smallest absolute Gasteiger partial charge is 0.241 e. The van der Waals surface area contributed by atoms with E-state index in [-0.39, 0.29) is 11.4 Å². The summed E-state index contributed by atoms with van der Waals surface area (Å²) in [6, 6.07) is 8.25. The van der Waals surface area contributed by atoms with Crippen LogP contribution < -0.4 is 4.72 Å². The quantitative estimate of drug-likeness (QED) is 0.723. The van der Waals surface area contributed by atoms with Crippen LogP contribution in [0.4, 0.5) is 0 Å². The monoisotopic (exact) mass is 380 g/mol. The van der Waals surface area contributed by atoms with Crippen LogP contribution in [0.15, 0.2) is 44.2 Å². The lowest BCUT2D eigenvalue weighted by Crippen LogP contribution is -2.23. The van der Waals surface area contributed by atoms with E-state index in [0.717, 1.165) is 5.56 Å². The van der Waals surface area contributed by atoms with E-state index < -0.39 is 10.0 Å². The van der Waals surface area contributed by atoms with Gasteiger partial charge in [0.25, 0.3) is 0 Å². The molecule has 6 nitrogen and oxygen atoms in total. The number of sulfonamides is 1. The van der Waals surface area contributed by atoms with Gasteiger partial charge in [-0.25, -0.2) is 13.1 Å². The number of nitrogens with zero attached hydrogens (tertiary/aromatic N) is 1. The summed E-state index contributed by atoms with van der Waals surface area (Å²) in [5.74, 6) is 1.72. The highest BCUT2D eigenvalue weighted by Gasteiger charge is 2.19. The van der Waals surface area contributed by atoms with Crippen molar-refractivity contribution in [3.63, 3.8) is 0 Å². The van der Waals surface area contributed by atoms with Gasteiger partial charge >= 0.3 is 0 Å². The van der Waals surface area contributed by atoms with Gasteiger partial charge in [-0.05, 0) is 50.6 Å². The third-order valence-corrected chi connectivity index (χ3v) is 5.84. The molecule has 2 aromatic heterocycles. The van der Waals surface area contributed by atoms with E-state index in [4.69, 9.17) is 20.5 Å². The molecule has 25 heavy (non-hydrogen) atoms. The Morgan fingerprint density at radius 1 is 1.16 bits per heavy atom. The SMILES string of the molecule is Cc1noc(C)c1-c1ccc(CNS(=O)(=O)c2cccc(Cl)c2C)o1. The standard InChI is InChI=1S/C17H17ClN2O4S/c1-10-14(18)5-4-6-16(10)25(21,22)19-9-13-7-8-15(23-13)17-11(2)20-24-12(17)3/h4-8,19H,9H2,1-3H3. The van der Waals surface area contributed by atoms with E-state index in [1.807, 2.05) is 6.92 Å². The molecular weight excluding hydrogens is 364 g/mol. The summed E-state index contributed by atoms with van der Waals surface area (Å²) in [6.45, 7) is 5.30. The van der Waals surface area contributed by atoms with Crippen LogP contribution in [0, 0.1) is 20.8 Å². The van der Waals surface area contributed by atoms with Crippen LogP contribution >= 0.6 is 11.6 Å². The van der Waals surface area contributed by atoms with Gasteiger partial charge in [0.05, 0.1) is 22.7 Å². The molecule has 0 saturated carbocycles. The third kappa shape index (κ3) is 3.49. The molecule has 0 bridgehead atoms. The number of aromatic nitrogens is 1. The topological polar surface area (TPSA) is 85.3 Å². The van der Waals surface area contributed by atoms with Crippen molar-refractivity contribution < 1.29 is 17.4 Å². The second-order valence-corrected chi connectivity index (χ2v) is 7.80. The van der Waals surface area contributed by atoms with Crippen molar-refractivity contribution >= 4 is 21.6 Å². The number of rotatable bonds is 5. The Kier molecular flexibility index (Phi) is 4.73. The Hall–Kier alpha value is -2.09. The molecule has 0 saturated heterocycles. The van der Waals surface area contributed by atoms with Crippen LogP contribution in [0.3, 0.4) is 0 Å². The fraction of sp³-hybridized carbons (Fsp3) is 0.235. The Morgan fingerprint density at radius 3 is 2.60 bits per heavy atom. The highest BCUT2D eigenvalue weighted by Crippen LogP contribution is 2.29. The molecule has 0 fully saturated rings. The molecular formula is C17H17ClN2O4S. The normalized spacial score (nSPS) is 11.8. The van der Waals surface area contributed by atoms with Crippen molar-refractivity contribution in [2.75, 3.05) is 0 Å². The number of hydrogen-bond acceptors (Lipinski definition) is 5. The number of nitrogens with one attached hydrogen (secondary N) is 1. The zero-order valence-electron chi connectivity index (χ0n) is 14.0. The molecule has 0 radical (unpaired) electrons. The van der Waals surface area contributed by atoms with Crippen molar-refractivity contribution in [3.8, 4) is 11.3 Å². The van der Waals surface area contributed by atoms with Crippen LogP contribution in [0.1, 0.15) is 22.8 Å². The molecule has 3 rings (SSSR count). The van der Waals surface area contributed by atoms with Gasteiger partial charge in [0.2, 0.25) is 10.0 Å². The number of furan rings is 1. The minimum Gasteiger partial charge on any atom is -0.459 e. The lowest BCUT2D eigenvalue weighted by Gasteiger charge is -2.09. The average Bonchev–Trinajstić information content (AvgIpc) is 3.14. The van der Waals surface area contributed by atoms with Crippen molar-refractivity contribution in [2.24, 2.45) is 0 Å². The number of aryl methyl sites for hydroxylation is 2. The van der Waals surface area contributed by atoms with Crippen molar-refractivity contribution in [1.82, 2.24) is 9.88 Å². The maximum Gasteiger partial charge on any atom is 0.241 e. The summed E-state index contributed by atoms with van der Waals surface area (Å²) in [5.41, 5.74) is 2.00. The van der Waals surface area contributed by atoms with Crippen LogP contribution in [0.25, 0.3) is 11.3 Å². The van der Waals surface area contributed by atoms with Gasteiger partial charge in [-0.3, -0.25) is 0 Å². The van der Waals surface area contributed by atoms with Gasteiger partial charge in [-0.2, -0.15) is 0 Å². The highest BCUT2D eigenvalue weighted by molar-refractivity contribution is 7.89. The first-order valence-electron chi connectivity index (χ1n) is 7.56. The third-order valence-electron chi connectivity index (χ3n) is 3.89. The molecule has 132 valence electrons. The second kappa shape index (κ2) is 6.67. The van der Waals surface area contributed by atoms with E-state index in [1.165, 1.54) is 6.07 Å². The molecule has 0 atom stereocenters. The minimum atomic E-state index is -3.70. The first-order valence-corrected chi connectivity index (χ1v) is 9.42. The maximum absolute atomic E-state index is 12.5. The Morgan fingerprint density at radius 2 is 1.92 bits per heavy atom. The van der Waals surface area contributed by atoms with Gasteiger partial charge in [-0.15, -0.1) is 0 Å².